The molecule has 0 unspecified atom stereocenters. The van der Waals surface area contributed by atoms with Gasteiger partial charge in [-0.2, -0.15) is 5.10 Å². The third-order valence-corrected chi connectivity index (χ3v) is 4.82. The maximum Gasteiger partial charge on any atom is 0.225 e. The number of nitrogens with one attached hydrogen (secondary N) is 2. The molecular formula is C19H26N4O. The predicted molar refractivity (Wildman–Crippen MR) is 94.7 cm³/mol. The molecule has 0 bridgehead atoms. The van der Waals surface area contributed by atoms with E-state index in [-0.39, 0.29) is 17.7 Å². The molecule has 1 aliphatic rings. The van der Waals surface area contributed by atoms with Crippen LogP contribution in [-0.4, -0.2) is 28.8 Å². The Labute approximate surface area is 143 Å². The molecule has 2 heterocycles. The first-order chi connectivity index (χ1) is 11.5. The minimum atomic E-state index is -0.0378. The average Bonchev–Trinajstić information content (AvgIpc) is 3.21. The third-order valence-electron chi connectivity index (χ3n) is 4.82. The van der Waals surface area contributed by atoms with Crippen LogP contribution in [0.1, 0.15) is 42.4 Å². The van der Waals surface area contributed by atoms with Crippen LogP contribution >= 0.6 is 0 Å². The number of benzene rings is 1. The fourth-order valence-corrected chi connectivity index (χ4v) is 3.28. The number of carbonyl (C=O) groups excluding carboxylic acids is 1. The zero-order valence-electron chi connectivity index (χ0n) is 14.6. The number of aromatic nitrogens is 2. The fraction of sp³-hybridized carbons (Fsp3) is 0.474. The van der Waals surface area contributed by atoms with Crippen LogP contribution in [0.15, 0.2) is 36.7 Å². The van der Waals surface area contributed by atoms with Crippen LogP contribution in [0.5, 0.6) is 0 Å². The summed E-state index contributed by atoms with van der Waals surface area (Å²) >= 11 is 0. The molecule has 2 atom stereocenters. The number of hydrogen-bond acceptors (Lipinski definition) is 3. The van der Waals surface area contributed by atoms with Gasteiger partial charge in [-0.05, 0) is 22.6 Å². The molecule has 24 heavy (non-hydrogen) atoms. The zero-order chi connectivity index (χ0) is 17.1. The van der Waals surface area contributed by atoms with Crippen molar-refractivity contribution in [2.24, 2.45) is 13.0 Å². The van der Waals surface area contributed by atoms with Crippen molar-refractivity contribution < 1.29 is 4.79 Å². The zero-order valence-corrected chi connectivity index (χ0v) is 14.6. The number of nitrogens with zero attached hydrogens (tertiary/aromatic N) is 2. The smallest absolute Gasteiger partial charge is 0.225 e. The van der Waals surface area contributed by atoms with Gasteiger partial charge in [0.1, 0.15) is 0 Å². The fourth-order valence-electron chi connectivity index (χ4n) is 3.28. The van der Waals surface area contributed by atoms with Gasteiger partial charge in [-0.3, -0.25) is 9.48 Å². The lowest BCUT2D eigenvalue weighted by Crippen LogP contribution is -2.33. The van der Waals surface area contributed by atoms with E-state index in [2.05, 4.69) is 53.8 Å². The van der Waals surface area contributed by atoms with Crippen molar-refractivity contribution in [1.29, 1.82) is 0 Å². The molecule has 1 saturated heterocycles. The Morgan fingerprint density at radius 3 is 2.71 bits per heavy atom. The topological polar surface area (TPSA) is 59.0 Å². The van der Waals surface area contributed by atoms with Crippen LogP contribution in [0.2, 0.25) is 0 Å². The first kappa shape index (κ1) is 16.7. The van der Waals surface area contributed by atoms with E-state index < -0.39 is 0 Å². The molecule has 0 spiro atoms. The molecular weight excluding hydrogens is 300 g/mol. The normalized spacial score (nSPS) is 20.5. The molecule has 1 aromatic carbocycles. The van der Waals surface area contributed by atoms with Crippen LogP contribution in [0.25, 0.3) is 0 Å². The summed E-state index contributed by atoms with van der Waals surface area (Å²) in [4.78, 5) is 12.6. The average molecular weight is 326 g/mol. The first-order valence-electron chi connectivity index (χ1n) is 8.60. The number of aryl methyl sites for hydroxylation is 1. The quantitative estimate of drug-likeness (QED) is 0.885. The Hall–Kier alpha value is -2.14. The van der Waals surface area contributed by atoms with Crippen LogP contribution in [-0.2, 0) is 18.4 Å². The summed E-state index contributed by atoms with van der Waals surface area (Å²) in [5, 5.41) is 10.6. The summed E-state index contributed by atoms with van der Waals surface area (Å²) in [6.07, 6.45) is 3.87. The van der Waals surface area contributed by atoms with E-state index in [0.717, 1.165) is 24.2 Å². The van der Waals surface area contributed by atoms with E-state index in [4.69, 9.17) is 0 Å². The van der Waals surface area contributed by atoms with Gasteiger partial charge in [0.2, 0.25) is 5.91 Å². The molecule has 1 amide bonds. The van der Waals surface area contributed by atoms with Gasteiger partial charge >= 0.3 is 0 Å². The molecule has 5 heteroatoms. The van der Waals surface area contributed by atoms with Crippen molar-refractivity contribution in [3.05, 3.63) is 53.3 Å². The van der Waals surface area contributed by atoms with Crippen LogP contribution in [0, 0.1) is 5.92 Å². The standard InChI is InChI=1S/C19H26N4O/c1-13(2)15-6-4-14(5-7-15)8-21-19(24)18-11-20-10-17(18)16-9-22-23(3)12-16/h4-7,9,12-13,17-18,20H,8,10-11H2,1-3H3,(H,21,24)/t17-,18+/m1/s1. The monoisotopic (exact) mass is 326 g/mol. The van der Waals surface area contributed by atoms with E-state index in [1.807, 2.05) is 19.4 Å². The highest BCUT2D eigenvalue weighted by Gasteiger charge is 2.34. The SMILES string of the molecule is CC(C)c1ccc(CNC(=O)[C@H]2CNC[C@@H]2c2cnn(C)c2)cc1. The Morgan fingerprint density at radius 2 is 2.08 bits per heavy atom. The first-order valence-corrected chi connectivity index (χ1v) is 8.60. The number of amides is 1. The van der Waals surface area contributed by atoms with E-state index in [9.17, 15) is 4.79 Å². The van der Waals surface area contributed by atoms with E-state index in [0.29, 0.717) is 12.5 Å². The van der Waals surface area contributed by atoms with Gasteiger partial charge in [-0.25, -0.2) is 0 Å². The molecule has 0 aliphatic carbocycles. The summed E-state index contributed by atoms with van der Waals surface area (Å²) in [5.41, 5.74) is 3.59. The molecule has 0 radical (unpaired) electrons. The number of carbonyl (C=O) groups is 1. The van der Waals surface area contributed by atoms with Crippen molar-refractivity contribution in [3.8, 4) is 0 Å². The van der Waals surface area contributed by atoms with Crippen molar-refractivity contribution in [1.82, 2.24) is 20.4 Å². The Bertz CT molecular complexity index is 690. The predicted octanol–water partition coefficient (Wildman–Crippen LogP) is 2.16. The molecule has 1 aromatic heterocycles. The van der Waals surface area contributed by atoms with Gasteiger partial charge in [-0.15, -0.1) is 0 Å². The third kappa shape index (κ3) is 3.67. The molecule has 3 rings (SSSR count). The van der Waals surface area contributed by atoms with Gasteiger partial charge in [0, 0.05) is 38.8 Å². The second-order valence-corrected chi connectivity index (χ2v) is 6.93. The number of hydrogen-bond donors (Lipinski definition) is 2. The van der Waals surface area contributed by atoms with Crippen molar-refractivity contribution in [2.75, 3.05) is 13.1 Å². The largest absolute Gasteiger partial charge is 0.352 e. The minimum absolute atomic E-state index is 0.0378. The summed E-state index contributed by atoms with van der Waals surface area (Å²) in [6, 6.07) is 8.48. The molecule has 2 aromatic rings. The molecule has 5 nitrogen and oxygen atoms in total. The van der Waals surface area contributed by atoms with Gasteiger partial charge in [-0.1, -0.05) is 38.1 Å². The van der Waals surface area contributed by atoms with Crippen molar-refractivity contribution in [3.63, 3.8) is 0 Å². The molecule has 128 valence electrons. The van der Waals surface area contributed by atoms with Crippen molar-refractivity contribution >= 4 is 5.91 Å². The van der Waals surface area contributed by atoms with Gasteiger partial charge < -0.3 is 10.6 Å². The highest BCUT2D eigenvalue weighted by molar-refractivity contribution is 5.80. The van der Waals surface area contributed by atoms with E-state index in [1.165, 1.54) is 5.56 Å². The van der Waals surface area contributed by atoms with E-state index >= 15 is 0 Å². The number of rotatable bonds is 5. The minimum Gasteiger partial charge on any atom is -0.352 e. The highest BCUT2D eigenvalue weighted by Crippen LogP contribution is 2.28. The Balaban J connectivity index is 1.60. The summed E-state index contributed by atoms with van der Waals surface area (Å²) in [7, 11) is 1.90. The van der Waals surface area contributed by atoms with Gasteiger partial charge in [0.25, 0.3) is 0 Å². The summed E-state index contributed by atoms with van der Waals surface area (Å²) in [5.74, 6) is 0.798. The van der Waals surface area contributed by atoms with Crippen molar-refractivity contribution in [2.45, 2.75) is 32.2 Å². The summed E-state index contributed by atoms with van der Waals surface area (Å²) in [6.45, 7) is 6.49. The lowest BCUT2D eigenvalue weighted by molar-refractivity contribution is -0.125. The van der Waals surface area contributed by atoms with E-state index in [1.54, 1.807) is 4.68 Å². The maximum atomic E-state index is 12.6. The second-order valence-electron chi connectivity index (χ2n) is 6.93. The maximum absolute atomic E-state index is 12.6. The lowest BCUT2D eigenvalue weighted by Gasteiger charge is -2.17. The van der Waals surface area contributed by atoms with Crippen LogP contribution < -0.4 is 10.6 Å². The molecule has 1 aliphatic heterocycles. The van der Waals surface area contributed by atoms with Crippen LogP contribution in [0.4, 0.5) is 0 Å². The molecule has 1 fully saturated rings. The molecule has 2 N–H and O–H groups in total. The van der Waals surface area contributed by atoms with Crippen LogP contribution in [0.3, 0.4) is 0 Å². The van der Waals surface area contributed by atoms with Gasteiger partial charge in [0.15, 0.2) is 0 Å². The Kier molecular flexibility index (Phi) is 5.00. The molecule has 0 saturated carbocycles. The lowest BCUT2D eigenvalue weighted by atomic mass is 9.90. The summed E-state index contributed by atoms with van der Waals surface area (Å²) < 4.78 is 1.79. The highest BCUT2D eigenvalue weighted by atomic mass is 16.1. The Morgan fingerprint density at radius 1 is 1.33 bits per heavy atom. The van der Waals surface area contributed by atoms with Gasteiger partial charge in [0.05, 0.1) is 12.1 Å². The second kappa shape index (κ2) is 7.18.